The van der Waals surface area contributed by atoms with E-state index in [4.69, 9.17) is 0 Å². The van der Waals surface area contributed by atoms with E-state index >= 15 is 0 Å². The Morgan fingerprint density at radius 2 is 1.55 bits per heavy atom. The third-order valence-corrected chi connectivity index (χ3v) is 5.93. The van der Waals surface area contributed by atoms with Gasteiger partial charge in [-0.3, -0.25) is 14.4 Å². The van der Waals surface area contributed by atoms with Crippen molar-refractivity contribution in [2.45, 2.75) is 40.2 Å². The van der Waals surface area contributed by atoms with Crippen molar-refractivity contribution in [2.75, 3.05) is 6.54 Å². The fraction of sp³-hybridized carbons (Fsp3) is 0.296. The summed E-state index contributed by atoms with van der Waals surface area (Å²) >= 11 is 0. The van der Waals surface area contributed by atoms with Crippen LogP contribution in [0, 0.1) is 5.92 Å². The van der Waals surface area contributed by atoms with Gasteiger partial charge in [-0.1, -0.05) is 69.7 Å². The molecule has 1 aliphatic rings. The summed E-state index contributed by atoms with van der Waals surface area (Å²) in [4.78, 5) is 39.8. The molecule has 0 bridgehead atoms. The second-order valence-electron chi connectivity index (χ2n) is 8.78. The number of aromatic nitrogens is 1. The molecule has 1 aliphatic carbocycles. The first-order chi connectivity index (χ1) is 15.9. The molecule has 0 spiro atoms. The first kappa shape index (κ1) is 22.5. The van der Waals surface area contributed by atoms with Crippen LogP contribution in [0.5, 0.6) is 5.75 Å². The monoisotopic (exact) mass is 444 g/mol. The molecule has 170 valence electrons. The van der Waals surface area contributed by atoms with Gasteiger partial charge < -0.3 is 15.0 Å². The van der Waals surface area contributed by atoms with Crippen LogP contribution in [0.3, 0.4) is 0 Å². The Morgan fingerprint density at radius 3 is 2.18 bits per heavy atom. The molecule has 0 aliphatic heterocycles. The third kappa shape index (κ3) is 3.86. The van der Waals surface area contributed by atoms with Crippen molar-refractivity contribution in [3.63, 3.8) is 0 Å². The average molecular weight is 445 g/mol. The van der Waals surface area contributed by atoms with E-state index in [0.29, 0.717) is 35.5 Å². The molecule has 0 saturated heterocycles. The molecular weight excluding hydrogens is 416 g/mol. The zero-order valence-electron chi connectivity index (χ0n) is 19.1. The number of rotatable bonds is 7. The zero-order chi connectivity index (χ0) is 23.7. The van der Waals surface area contributed by atoms with Gasteiger partial charge in [-0.25, -0.2) is 0 Å². The lowest BCUT2D eigenvalue weighted by molar-refractivity contribution is 0.0949. The number of aromatic hydroxyl groups is 1. The van der Waals surface area contributed by atoms with Crippen LogP contribution >= 0.6 is 0 Å². The standard InChI is InChI=1S/C27H28N2O4/c1-4-5-14-29-22(17-10-6-9-13-20(17)27(33)28-15-16(2)3)26(32)21-23(29)25(31)19-12-8-7-11-18(19)24(21)30/h6-13,16,32H,4-5,14-15H2,1-3H3,(H,28,33). The van der Waals surface area contributed by atoms with Gasteiger partial charge in [0.2, 0.25) is 5.78 Å². The van der Waals surface area contributed by atoms with Gasteiger partial charge >= 0.3 is 0 Å². The molecule has 1 heterocycles. The zero-order valence-corrected chi connectivity index (χ0v) is 19.1. The highest BCUT2D eigenvalue weighted by molar-refractivity contribution is 6.29. The summed E-state index contributed by atoms with van der Waals surface area (Å²) in [6, 6.07) is 13.7. The van der Waals surface area contributed by atoms with E-state index in [1.54, 1.807) is 53.1 Å². The Hall–Kier alpha value is -3.67. The quantitative estimate of drug-likeness (QED) is 0.428. The molecule has 0 atom stereocenters. The maximum Gasteiger partial charge on any atom is 0.251 e. The summed E-state index contributed by atoms with van der Waals surface area (Å²) in [5.41, 5.74) is 2.04. The number of carbonyl (C=O) groups excluding carboxylic acids is 3. The number of hydrogen-bond acceptors (Lipinski definition) is 4. The molecule has 0 saturated carbocycles. The molecule has 6 heteroatoms. The Bertz CT molecular complexity index is 1250. The Labute approximate surface area is 193 Å². The number of nitrogens with one attached hydrogen (secondary N) is 1. The average Bonchev–Trinajstić information content (AvgIpc) is 3.11. The van der Waals surface area contributed by atoms with E-state index in [9.17, 15) is 19.5 Å². The number of benzene rings is 2. The Kier molecular flexibility index (Phi) is 6.18. The number of hydrogen-bond donors (Lipinski definition) is 2. The highest BCUT2D eigenvalue weighted by Gasteiger charge is 2.38. The Balaban J connectivity index is 1.94. The molecule has 0 unspecified atom stereocenters. The number of carbonyl (C=O) groups is 3. The van der Waals surface area contributed by atoms with Crippen molar-refractivity contribution < 1.29 is 19.5 Å². The van der Waals surface area contributed by atoms with Gasteiger partial charge in [0.05, 0.1) is 11.3 Å². The summed E-state index contributed by atoms with van der Waals surface area (Å²) in [7, 11) is 0. The maximum absolute atomic E-state index is 13.5. The molecule has 6 nitrogen and oxygen atoms in total. The van der Waals surface area contributed by atoms with Crippen molar-refractivity contribution in [3.8, 4) is 17.0 Å². The van der Waals surface area contributed by atoms with Crippen LogP contribution in [0.15, 0.2) is 48.5 Å². The fourth-order valence-electron chi connectivity index (χ4n) is 4.29. The lowest BCUT2D eigenvalue weighted by Gasteiger charge is -2.18. The van der Waals surface area contributed by atoms with Crippen molar-refractivity contribution in [2.24, 2.45) is 5.92 Å². The summed E-state index contributed by atoms with van der Waals surface area (Å²) in [6.45, 7) is 7.01. The van der Waals surface area contributed by atoms with Crippen LogP contribution < -0.4 is 5.32 Å². The van der Waals surface area contributed by atoms with Crippen molar-refractivity contribution in [1.82, 2.24) is 9.88 Å². The first-order valence-electron chi connectivity index (χ1n) is 11.4. The van der Waals surface area contributed by atoms with Crippen LogP contribution in [0.25, 0.3) is 11.3 Å². The normalized spacial score (nSPS) is 12.6. The van der Waals surface area contributed by atoms with Gasteiger partial charge in [0.25, 0.3) is 5.91 Å². The number of ketones is 2. The minimum atomic E-state index is -0.379. The van der Waals surface area contributed by atoms with E-state index in [1.165, 1.54) is 0 Å². The molecule has 1 aromatic heterocycles. The second kappa shape index (κ2) is 9.06. The SMILES string of the molecule is CCCCn1c2c(c(O)c1-c1ccccc1C(=O)NCC(C)C)C(=O)c1ccccc1C2=O. The number of fused-ring (bicyclic) bond motifs is 2. The number of amides is 1. The van der Waals surface area contributed by atoms with Crippen LogP contribution in [0.4, 0.5) is 0 Å². The molecule has 0 radical (unpaired) electrons. The van der Waals surface area contributed by atoms with Crippen LogP contribution in [-0.2, 0) is 6.54 Å². The Morgan fingerprint density at radius 1 is 0.939 bits per heavy atom. The van der Waals surface area contributed by atoms with E-state index < -0.39 is 0 Å². The van der Waals surface area contributed by atoms with E-state index in [1.807, 2.05) is 20.8 Å². The highest BCUT2D eigenvalue weighted by atomic mass is 16.3. The lowest BCUT2D eigenvalue weighted by Crippen LogP contribution is -2.28. The van der Waals surface area contributed by atoms with E-state index in [2.05, 4.69) is 5.32 Å². The maximum atomic E-state index is 13.5. The van der Waals surface area contributed by atoms with Gasteiger partial charge in [-0.05, 0) is 18.4 Å². The van der Waals surface area contributed by atoms with E-state index in [-0.39, 0.29) is 46.0 Å². The van der Waals surface area contributed by atoms with Crippen LogP contribution in [-0.4, -0.2) is 33.7 Å². The molecule has 1 amide bonds. The molecule has 4 rings (SSSR count). The predicted molar refractivity (Wildman–Crippen MR) is 127 cm³/mol. The molecule has 0 fully saturated rings. The third-order valence-electron chi connectivity index (χ3n) is 5.93. The fourth-order valence-corrected chi connectivity index (χ4v) is 4.29. The van der Waals surface area contributed by atoms with Gasteiger partial charge in [0.15, 0.2) is 11.5 Å². The summed E-state index contributed by atoms with van der Waals surface area (Å²) < 4.78 is 1.72. The molecule has 3 aromatic rings. The smallest absolute Gasteiger partial charge is 0.251 e. The van der Waals surface area contributed by atoms with Crippen molar-refractivity contribution >= 4 is 17.5 Å². The predicted octanol–water partition coefficient (Wildman–Crippen LogP) is 4.82. The minimum Gasteiger partial charge on any atom is -0.505 e. The topological polar surface area (TPSA) is 88.4 Å². The number of unbranched alkanes of at least 4 members (excludes halogenated alkanes) is 1. The largest absolute Gasteiger partial charge is 0.505 e. The highest BCUT2D eigenvalue weighted by Crippen LogP contribution is 2.43. The van der Waals surface area contributed by atoms with Crippen LogP contribution in [0.1, 0.15) is 75.9 Å². The van der Waals surface area contributed by atoms with Gasteiger partial charge in [0, 0.05) is 35.3 Å². The molecular formula is C27H28N2O4. The summed E-state index contributed by atoms with van der Waals surface area (Å²) in [6.07, 6.45) is 1.61. The lowest BCUT2D eigenvalue weighted by atomic mass is 9.87. The van der Waals surface area contributed by atoms with Crippen LogP contribution in [0.2, 0.25) is 0 Å². The summed E-state index contributed by atoms with van der Waals surface area (Å²) in [5, 5.41) is 14.2. The summed E-state index contributed by atoms with van der Waals surface area (Å²) in [5.74, 6) is -0.904. The molecule has 2 aromatic carbocycles. The molecule has 33 heavy (non-hydrogen) atoms. The second-order valence-corrected chi connectivity index (χ2v) is 8.78. The van der Waals surface area contributed by atoms with Crippen molar-refractivity contribution in [3.05, 3.63) is 76.5 Å². The van der Waals surface area contributed by atoms with Crippen molar-refractivity contribution in [1.29, 1.82) is 0 Å². The van der Waals surface area contributed by atoms with Gasteiger partial charge in [0.1, 0.15) is 5.69 Å². The first-order valence-corrected chi connectivity index (χ1v) is 11.4. The minimum absolute atomic E-state index is 0.0159. The molecule has 2 N–H and O–H groups in total. The van der Waals surface area contributed by atoms with Gasteiger partial charge in [-0.2, -0.15) is 0 Å². The van der Waals surface area contributed by atoms with E-state index in [0.717, 1.165) is 12.8 Å². The van der Waals surface area contributed by atoms with Gasteiger partial charge in [-0.15, -0.1) is 0 Å². The number of nitrogens with zero attached hydrogens (tertiary/aromatic N) is 1.